The minimum absolute atomic E-state index is 0.0601. The van der Waals surface area contributed by atoms with Crippen LogP contribution >= 0.6 is 0 Å². The van der Waals surface area contributed by atoms with Crippen LogP contribution in [0.5, 0.6) is 0 Å². The van der Waals surface area contributed by atoms with Gasteiger partial charge in [-0.3, -0.25) is 4.90 Å². The van der Waals surface area contributed by atoms with Crippen molar-refractivity contribution in [2.75, 3.05) is 13.2 Å². The van der Waals surface area contributed by atoms with Crippen molar-refractivity contribution < 1.29 is 24.2 Å². The van der Waals surface area contributed by atoms with E-state index in [0.717, 1.165) is 19.3 Å². The van der Waals surface area contributed by atoms with Gasteiger partial charge < -0.3 is 14.6 Å². The fourth-order valence-corrected chi connectivity index (χ4v) is 3.92. The molecule has 2 rings (SSSR count). The molecule has 24 heavy (non-hydrogen) atoms. The fourth-order valence-electron chi connectivity index (χ4n) is 3.92. The average molecular weight is 341 g/mol. The van der Waals surface area contributed by atoms with Crippen LogP contribution in [0.4, 0.5) is 4.79 Å². The Morgan fingerprint density at radius 1 is 1.33 bits per heavy atom. The lowest BCUT2D eigenvalue weighted by atomic mass is 9.85. The van der Waals surface area contributed by atoms with E-state index in [1.807, 2.05) is 0 Å². The smallest absolute Gasteiger partial charge is 0.411 e. The molecule has 1 amide bonds. The highest BCUT2D eigenvalue weighted by atomic mass is 16.6. The van der Waals surface area contributed by atoms with E-state index in [0.29, 0.717) is 25.0 Å². The van der Waals surface area contributed by atoms with Gasteiger partial charge in [0.05, 0.1) is 6.10 Å². The summed E-state index contributed by atoms with van der Waals surface area (Å²) in [4.78, 5) is 25.6. The van der Waals surface area contributed by atoms with E-state index in [1.165, 1.54) is 4.90 Å². The van der Waals surface area contributed by atoms with Gasteiger partial charge in [-0.2, -0.15) is 0 Å². The number of aliphatic carboxylic acids is 1. The second-order valence-electron chi connectivity index (χ2n) is 8.53. The molecule has 6 heteroatoms. The zero-order valence-corrected chi connectivity index (χ0v) is 15.4. The monoisotopic (exact) mass is 341 g/mol. The topological polar surface area (TPSA) is 76.1 Å². The highest BCUT2D eigenvalue weighted by Gasteiger charge is 2.51. The molecule has 6 nitrogen and oxygen atoms in total. The van der Waals surface area contributed by atoms with Crippen molar-refractivity contribution in [3.05, 3.63) is 0 Å². The molecule has 0 radical (unpaired) electrons. The number of ether oxygens (including phenoxy) is 2. The normalized spacial score (nSPS) is 30.8. The summed E-state index contributed by atoms with van der Waals surface area (Å²) in [6.07, 6.45) is 1.98. The average Bonchev–Trinajstić information content (AvgIpc) is 2.64. The maximum Gasteiger partial charge on any atom is 0.411 e. The second-order valence-corrected chi connectivity index (χ2v) is 8.53. The molecule has 0 bridgehead atoms. The number of hydrogen-bond donors (Lipinski definition) is 1. The highest BCUT2D eigenvalue weighted by molar-refractivity contribution is 5.81. The van der Waals surface area contributed by atoms with Gasteiger partial charge in [0.15, 0.2) is 6.04 Å². The van der Waals surface area contributed by atoms with Gasteiger partial charge in [-0.05, 0) is 51.9 Å². The van der Waals surface area contributed by atoms with E-state index < -0.39 is 29.8 Å². The van der Waals surface area contributed by atoms with E-state index in [4.69, 9.17) is 9.47 Å². The number of carboxylic acids is 1. The summed E-state index contributed by atoms with van der Waals surface area (Å²) < 4.78 is 11.3. The molecule has 0 aliphatic carbocycles. The molecule has 1 unspecified atom stereocenters. The van der Waals surface area contributed by atoms with Crippen molar-refractivity contribution in [3.8, 4) is 0 Å². The quantitative estimate of drug-likeness (QED) is 0.853. The first kappa shape index (κ1) is 19.0. The maximum atomic E-state index is 12.4. The van der Waals surface area contributed by atoms with Crippen molar-refractivity contribution in [3.63, 3.8) is 0 Å². The van der Waals surface area contributed by atoms with Gasteiger partial charge >= 0.3 is 12.1 Å². The summed E-state index contributed by atoms with van der Waals surface area (Å²) in [5.74, 6) is 0.166. The first-order valence-corrected chi connectivity index (χ1v) is 8.92. The molecule has 2 saturated heterocycles. The summed E-state index contributed by atoms with van der Waals surface area (Å²) in [7, 11) is 0. The SMILES string of the molecule is CC(C)C[C@@H]1CCO[C@H]2C(C(=O)O)N(C(=O)OC(C)(C)C)C[C@@H]2C1. The third kappa shape index (κ3) is 4.62. The van der Waals surface area contributed by atoms with Gasteiger partial charge in [-0.15, -0.1) is 0 Å². The third-order valence-electron chi connectivity index (χ3n) is 4.70. The Morgan fingerprint density at radius 3 is 2.54 bits per heavy atom. The van der Waals surface area contributed by atoms with Gasteiger partial charge in [0.25, 0.3) is 0 Å². The molecule has 0 spiro atoms. The van der Waals surface area contributed by atoms with Gasteiger partial charge in [0.2, 0.25) is 0 Å². The zero-order chi connectivity index (χ0) is 18.1. The zero-order valence-electron chi connectivity index (χ0n) is 15.4. The lowest BCUT2D eigenvalue weighted by Gasteiger charge is -2.28. The van der Waals surface area contributed by atoms with Gasteiger partial charge in [-0.1, -0.05) is 13.8 Å². The van der Waals surface area contributed by atoms with Crippen LogP contribution in [0, 0.1) is 17.8 Å². The molecule has 1 N–H and O–H groups in total. The van der Waals surface area contributed by atoms with Crippen LogP contribution in [0.25, 0.3) is 0 Å². The molecule has 2 heterocycles. The van der Waals surface area contributed by atoms with Crippen LogP contribution in [-0.2, 0) is 14.3 Å². The minimum Gasteiger partial charge on any atom is -0.480 e. The van der Waals surface area contributed by atoms with E-state index in [-0.39, 0.29) is 5.92 Å². The van der Waals surface area contributed by atoms with Gasteiger partial charge in [0.1, 0.15) is 5.60 Å². The number of carbonyl (C=O) groups excluding carboxylic acids is 1. The largest absolute Gasteiger partial charge is 0.480 e. The number of likely N-dealkylation sites (tertiary alicyclic amines) is 1. The predicted octanol–water partition coefficient (Wildman–Crippen LogP) is 3.15. The molecule has 0 aromatic heterocycles. The lowest BCUT2D eigenvalue weighted by molar-refractivity contribution is -0.146. The molecule has 2 fully saturated rings. The van der Waals surface area contributed by atoms with Crippen LogP contribution in [0.2, 0.25) is 0 Å². The van der Waals surface area contributed by atoms with Crippen LogP contribution < -0.4 is 0 Å². The number of nitrogens with zero attached hydrogens (tertiary/aromatic N) is 1. The van der Waals surface area contributed by atoms with E-state index in [9.17, 15) is 14.7 Å². The third-order valence-corrected chi connectivity index (χ3v) is 4.70. The Morgan fingerprint density at radius 2 is 2.00 bits per heavy atom. The number of carbonyl (C=O) groups is 2. The second kappa shape index (κ2) is 7.30. The van der Waals surface area contributed by atoms with Crippen molar-refractivity contribution in [2.45, 2.75) is 71.6 Å². The van der Waals surface area contributed by atoms with Crippen LogP contribution in [0.15, 0.2) is 0 Å². The standard InChI is InChI=1S/C18H31NO5/c1-11(2)8-12-6-7-23-15-13(9-12)10-19(14(15)16(20)21)17(22)24-18(3,4)5/h11-15H,6-10H2,1-5H3,(H,20,21)/t12-,13-,14?,15+/m0/s1. The molecule has 0 saturated carbocycles. The van der Waals surface area contributed by atoms with Crippen LogP contribution in [0.3, 0.4) is 0 Å². The molecule has 0 aromatic carbocycles. The summed E-state index contributed by atoms with van der Waals surface area (Å²) in [6, 6.07) is -0.956. The summed E-state index contributed by atoms with van der Waals surface area (Å²) in [6.45, 7) is 10.7. The maximum absolute atomic E-state index is 12.4. The van der Waals surface area contributed by atoms with Crippen molar-refractivity contribution in [1.29, 1.82) is 0 Å². The minimum atomic E-state index is -1.02. The van der Waals surface area contributed by atoms with E-state index in [2.05, 4.69) is 13.8 Å². The molecule has 0 aromatic rings. The molecule has 2 aliphatic heterocycles. The Balaban J connectivity index is 2.15. The lowest BCUT2D eigenvalue weighted by Crippen LogP contribution is -2.47. The summed E-state index contributed by atoms with van der Waals surface area (Å²) >= 11 is 0. The Hall–Kier alpha value is -1.30. The number of amides is 1. The first-order chi connectivity index (χ1) is 11.1. The van der Waals surface area contributed by atoms with Crippen LogP contribution in [-0.4, -0.2) is 53.0 Å². The van der Waals surface area contributed by atoms with Gasteiger partial charge in [0, 0.05) is 19.1 Å². The Kier molecular flexibility index (Phi) is 5.78. The highest BCUT2D eigenvalue weighted by Crippen LogP contribution is 2.37. The molecular weight excluding hydrogens is 310 g/mol. The van der Waals surface area contributed by atoms with E-state index in [1.54, 1.807) is 20.8 Å². The van der Waals surface area contributed by atoms with E-state index >= 15 is 0 Å². The molecule has 4 atom stereocenters. The number of hydrogen-bond acceptors (Lipinski definition) is 4. The fraction of sp³-hybridized carbons (Fsp3) is 0.889. The first-order valence-electron chi connectivity index (χ1n) is 8.92. The Bertz CT molecular complexity index is 471. The van der Waals surface area contributed by atoms with Crippen molar-refractivity contribution >= 4 is 12.1 Å². The van der Waals surface area contributed by atoms with Gasteiger partial charge in [-0.25, -0.2) is 9.59 Å². The molecular formula is C18H31NO5. The summed E-state index contributed by atoms with van der Waals surface area (Å²) in [5, 5.41) is 9.64. The number of rotatable bonds is 3. The van der Waals surface area contributed by atoms with Crippen molar-refractivity contribution in [1.82, 2.24) is 4.90 Å². The Labute approximate surface area is 144 Å². The van der Waals surface area contributed by atoms with Crippen molar-refractivity contribution in [2.24, 2.45) is 17.8 Å². The van der Waals surface area contributed by atoms with Crippen LogP contribution in [0.1, 0.15) is 53.9 Å². The molecule has 138 valence electrons. The summed E-state index contributed by atoms with van der Waals surface area (Å²) in [5.41, 5.74) is -0.647. The molecule has 2 aliphatic rings. The number of carboxylic acid groups (broad SMARTS) is 1. The predicted molar refractivity (Wildman–Crippen MR) is 89.8 cm³/mol. The number of fused-ring (bicyclic) bond motifs is 1.